The molecule has 1 aromatic heterocycles. The van der Waals surface area contributed by atoms with Gasteiger partial charge in [-0.05, 0) is 6.07 Å². The van der Waals surface area contributed by atoms with Gasteiger partial charge in [0, 0.05) is 12.1 Å². The molecule has 0 aliphatic carbocycles. The second-order valence-corrected chi connectivity index (χ2v) is 1.45. The number of hydrogen-bond acceptors (Lipinski definition) is 1. The molecule has 0 saturated heterocycles. The van der Waals surface area contributed by atoms with Crippen molar-refractivity contribution in [2.24, 2.45) is 0 Å². The summed E-state index contributed by atoms with van der Waals surface area (Å²) in [6.07, 6.45) is 0. The van der Waals surface area contributed by atoms with Crippen molar-refractivity contribution in [2.75, 3.05) is 5.73 Å². The topological polar surface area (TPSA) is 40.2 Å². The summed E-state index contributed by atoms with van der Waals surface area (Å²) in [7, 11) is 0. The van der Waals surface area contributed by atoms with Gasteiger partial charge in [0.25, 0.3) is 11.8 Å². The standard InChI is InChI=1S/C5H5FN2/c6-4-2-1-3-5(7)8-4/h1-3H,(H2,7,8)/p+1. The third-order valence-electron chi connectivity index (χ3n) is 0.782. The normalized spacial score (nSPS) is 9.12. The average molecular weight is 113 g/mol. The van der Waals surface area contributed by atoms with Crippen LogP contribution in [0.15, 0.2) is 18.2 Å². The Morgan fingerprint density at radius 1 is 1.50 bits per heavy atom. The highest BCUT2D eigenvalue weighted by Crippen LogP contribution is 1.89. The zero-order valence-electron chi connectivity index (χ0n) is 4.19. The van der Waals surface area contributed by atoms with Crippen LogP contribution in [0.3, 0.4) is 0 Å². The van der Waals surface area contributed by atoms with E-state index in [0.717, 1.165) is 0 Å². The van der Waals surface area contributed by atoms with Crippen LogP contribution in [-0.2, 0) is 0 Å². The largest absolute Gasteiger partial charge is 0.287 e. The molecule has 0 saturated carbocycles. The van der Waals surface area contributed by atoms with Crippen molar-refractivity contribution in [2.45, 2.75) is 0 Å². The predicted octanol–water partition coefficient (Wildman–Crippen LogP) is 0.222. The molecule has 42 valence electrons. The van der Waals surface area contributed by atoms with Gasteiger partial charge in [0.1, 0.15) is 0 Å². The highest BCUT2D eigenvalue weighted by atomic mass is 19.1. The Kier molecular flexibility index (Phi) is 1.12. The Morgan fingerprint density at radius 2 is 2.25 bits per heavy atom. The molecule has 2 nitrogen and oxygen atoms in total. The first-order valence-corrected chi connectivity index (χ1v) is 2.22. The van der Waals surface area contributed by atoms with Gasteiger partial charge in [0.2, 0.25) is 0 Å². The third-order valence-corrected chi connectivity index (χ3v) is 0.782. The first kappa shape index (κ1) is 5.03. The van der Waals surface area contributed by atoms with Crippen molar-refractivity contribution in [3.05, 3.63) is 24.1 Å². The van der Waals surface area contributed by atoms with Crippen molar-refractivity contribution in [1.29, 1.82) is 0 Å². The van der Waals surface area contributed by atoms with Crippen LogP contribution >= 0.6 is 0 Å². The number of H-pyrrole nitrogens is 1. The SMILES string of the molecule is Nc1cccc(F)[nH+]1. The number of nitrogens with two attached hydrogens (primary N) is 1. The molecule has 1 rings (SSSR count). The molecular formula is C5H6FN2+. The Labute approximate surface area is 46.2 Å². The molecule has 0 radical (unpaired) electrons. The van der Waals surface area contributed by atoms with Crippen LogP contribution in [0.4, 0.5) is 10.2 Å². The maximum atomic E-state index is 12.0. The van der Waals surface area contributed by atoms with Crippen LogP contribution < -0.4 is 10.7 Å². The van der Waals surface area contributed by atoms with E-state index < -0.39 is 5.95 Å². The van der Waals surface area contributed by atoms with Gasteiger partial charge in [-0.3, -0.25) is 5.73 Å². The summed E-state index contributed by atoms with van der Waals surface area (Å²) in [6.45, 7) is 0. The number of hydrogen-bond donors (Lipinski definition) is 1. The Hall–Kier alpha value is -1.12. The van der Waals surface area contributed by atoms with Gasteiger partial charge >= 0.3 is 0 Å². The summed E-state index contributed by atoms with van der Waals surface area (Å²) in [4.78, 5) is 2.28. The molecule has 1 heterocycles. The van der Waals surface area contributed by atoms with Crippen molar-refractivity contribution in [3.8, 4) is 0 Å². The molecule has 3 N–H and O–H groups in total. The highest BCUT2D eigenvalue weighted by molar-refractivity contribution is 5.17. The fraction of sp³-hybridized carbons (Fsp3) is 0. The van der Waals surface area contributed by atoms with Crippen molar-refractivity contribution >= 4 is 5.82 Å². The molecule has 1 aromatic rings. The summed E-state index contributed by atoms with van der Waals surface area (Å²) < 4.78 is 12.0. The summed E-state index contributed by atoms with van der Waals surface area (Å²) in [5.74, 6) is -0.0741. The first-order chi connectivity index (χ1) is 3.79. The van der Waals surface area contributed by atoms with Gasteiger partial charge in [-0.15, -0.1) is 0 Å². The molecule has 0 aliphatic rings. The maximum absolute atomic E-state index is 12.0. The molecule has 0 fully saturated rings. The van der Waals surface area contributed by atoms with Gasteiger partial charge in [0.05, 0.1) is 0 Å². The smallest absolute Gasteiger partial charge is 0.276 e. The number of aromatic amines is 1. The van der Waals surface area contributed by atoms with E-state index in [2.05, 4.69) is 4.98 Å². The zero-order chi connectivity index (χ0) is 5.98. The van der Waals surface area contributed by atoms with E-state index in [1.807, 2.05) is 0 Å². The van der Waals surface area contributed by atoms with E-state index in [1.165, 1.54) is 6.07 Å². The van der Waals surface area contributed by atoms with Crippen LogP contribution in [0.5, 0.6) is 0 Å². The van der Waals surface area contributed by atoms with Crippen molar-refractivity contribution in [1.82, 2.24) is 0 Å². The van der Waals surface area contributed by atoms with E-state index in [1.54, 1.807) is 12.1 Å². The average Bonchev–Trinajstić information content (AvgIpc) is 1.64. The molecule has 0 unspecified atom stereocenters. The van der Waals surface area contributed by atoms with Crippen LogP contribution in [0.2, 0.25) is 0 Å². The summed E-state index contributed by atoms with van der Waals surface area (Å²) in [5.41, 5.74) is 5.16. The minimum Gasteiger partial charge on any atom is -0.287 e. The molecule has 0 amide bonds. The lowest BCUT2D eigenvalue weighted by molar-refractivity contribution is -0.405. The van der Waals surface area contributed by atoms with E-state index in [4.69, 9.17) is 5.73 Å². The lowest BCUT2D eigenvalue weighted by atomic mass is 10.5. The van der Waals surface area contributed by atoms with Gasteiger partial charge in [-0.1, -0.05) is 0 Å². The van der Waals surface area contributed by atoms with Crippen molar-refractivity contribution < 1.29 is 9.37 Å². The zero-order valence-corrected chi connectivity index (χ0v) is 4.19. The molecule has 8 heavy (non-hydrogen) atoms. The summed E-state index contributed by atoms with van der Waals surface area (Å²) >= 11 is 0. The second-order valence-electron chi connectivity index (χ2n) is 1.45. The molecule has 0 aromatic carbocycles. The van der Waals surface area contributed by atoms with Gasteiger partial charge in [-0.25, -0.2) is 4.98 Å². The molecular weight excluding hydrogens is 107 g/mol. The minimum absolute atomic E-state index is 0.338. The van der Waals surface area contributed by atoms with Crippen molar-refractivity contribution in [3.63, 3.8) is 0 Å². The molecule has 0 spiro atoms. The number of anilines is 1. The maximum Gasteiger partial charge on any atom is 0.276 e. The number of rotatable bonds is 0. The number of nitrogens with one attached hydrogen (secondary N) is 1. The first-order valence-electron chi connectivity index (χ1n) is 2.22. The Morgan fingerprint density at radius 3 is 2.62 bits per heavy atom. The lowest BCUT2D eigenvalue weighted by Crippen LogP contribution is -2.13. The summed E-state index contributed by atoms with van der Waals surface area (Å²) in [5, 5.41) is 0. The van der Waals surface area contributed by atoms with E-state index in [-0.39, 0.29) is 0 Å². The Balaban J connectivity index is 3.08. The molecule has 0 aliphatic heterocycles. The fourth-order valence-electron chi connectivity index (χ4n) is 0.457. The van der Waals surface area contributed by atoms with Crippen LogP contribution in [0.25, 0.3) is 0 Å². The fourth-order valence-corrected chi connectivity index (χ4v) is 0.457. The van der Waals surface area contributed by atoms with E-state index >= 15 is 0 Å². The molecule has 0 atom stereocenters. The summed E-state index contributed by atoms with van der Waals surface area (Å²) in [6, 6.07) is 4.43. The van der Waals surface area contributed by atoms with Gasteiger partial charge in [-0.2, -0.15) is 4.39 Å². The van der Waals surface area contributed by atoms with Crippen LogP contribution in [0.1, 0.15) is 0 Å². The van der Waals surface area contributed by atoms with Gasteiger partial charge < -0.3 is 0 Å². The van der Waals surface area contributed by atoms with Gasteiger partial charge in [0.15, 0.2) is 0 Å². The minimum atomic E-state index is -0.412. The van der Waals surface area contributed by atoms with Crippen LogP contribution in [0, 0.1) is 5.95 Å². The number of nitrogen functional groups attached to an aromatic ring is 1. The number of pyridine rings is 1. The predicted molar refractivity (Wildman–Crippen MR) is 27.4 cm³/mol. The third kappa shape index (κ3) is 0.932. The number of halogens is 1. The lowest BCUT2D eigenvalue weighted by Gasteiger charge is -1.81. The number of aromatic nitrogens is 1. The van der Waals surface area contributed by atoms with Crippen LogP contribution in [-0.4, -0.2) is 0 Å². The Bertz CT molecular complexity index is 170. The molecule has 3 heteroatoms. The molecule has 0 bridgehead atoms. The monoisotopic (exact) mass is 113 g/mol. The second kappa shape index (κ2) is 1.78. The quantitative estimate of drug-likeness (QED) is 0.480. The van der Waals surface area contributed by atoms with E-state index in [0.29, 0.717) is 5.82 Å². The van der Waals surface area contributed by atoms with E-state index in [9.17, 15) is 4.39 Å². The highest BCUT2D eigenvalue weighted by Gasteiger charge is 1.92.